The van der Waals surface area contributed by atoms with Crippen molar-refractivity contribution in [2.24, 2.45) is 28.2 Å². The summed E-state index contributed by atoms with van der Waals surface area (Å²) in [5.74, 6) is 5.70. The van der Waals surface area contributed by atoms with Crippen LogP contribution < -0.4 is 18.4 Å². The normalized spacial score (nSPS) is 15.2. The van der Waals surface area contributed by atoms with Crippen molar-refractivity contribution in [1.29, 1.82) is 0 Å². The quantitative estimate of drug-likeness (QED) is 0.108. The molecule has 0 saturated carbocycles. The van der Waals surface area contributed by atoms with E-state index in [0.717, 1.165) is 67.5 Å². The van der Waals surface area contributed by atoms with Gasteiger partial charge in [-0.05, 0) is 207 Å². The molecule has 0 aliphatic heterocycles. The number of imidazole rings is 3. The van der Waals surface area contributed by atoms with Gasteiger partial charge in [0, 0.05) is 116 Å². The van der Waals surface area contributed by atoms with Gasteiger partial charge in [-0.25, -0.2) is 13.7 Å². The highest BCUT2D eigenvalue weighted by atomic mass is 15.4. The lowest BCUT2D eigenvalue weighted by Gasteiger charge is -2.24. The molecule has 0 saturated heterocycles. The highest BCUT2D eigenvalue weighted by Crippen LogP contribution is 2.58. The Balaban J connectivity index is 0.000000125. The zero-order chi connectivity index (χ0) is 99.7. The Morgan fingerprint density at radius 1 is 0.301 bits per heavy atom. The fraction of sp³-hybridized carbons (Fsp3) is 0.339. The van der Waals surface area contributed by atoms with Gasteiger partial charge in [-0.15, -0.1) is 9.36 Å². The lowest BCUT2D eigenvalue weighted by Crippen LogP contribution is -2.38. The number of hydrogen-bond acceptors (Lipinski definition) is 4. The summed E-state index contributed by atoms with van der Waals surface area (Å²) in [4.78, 5) is 19.8. The van der Waals surface area contributed by atoms with Crippen molar-refractivity contribution < 1.29 is 22.5 Å². The van der Waals surface area contributed by atoms with E-state index in [1.807, 2.05) is 26.0 Å². The molecule has 0 amide bonds. The number of benzene rings is 9. The molecule has 12 heteroatoms. The first-order chi connectivity index (χ1) is 65.7. The maximum Gasteiger partial charge on any atom is 0.295 e. The third-order valence-corrected chi connectivity index (χ3v) is 30.1. The van der Waals surface area contributed by atoms with Gasteiger partial charge in [0.05, 0.1) is 66.8 Å². The van der Waals surface area contributed by atoms with Crippen LogP contribution in [0, 0.1) is 55.4 Å². The van der Waals surface area contributed by atoms with E-state index in [2.05, 4.69) is 457 Å². The van der Waals surface area contributed by atoms with E-state index < -0.39 is 12.3 Å². The highest BCUT2D eigenvalue weighted by Gasteiger charge is 2.48. The molecule has 8 aromatic heterocycles. The minimum Gasteiger partial charge on any atom is -0.257 e. The van der Waals surface area contributed by atoms with Crippen molar-refractivity contribution in [1.82, 2.24) is 38.3 Å². The molecule has 21 rings (SSSR count). The molecule has 17 aromatic rings. The summed E-state index contributed by atoms with van der Waals surface area (Å²) >= 11 is 0. The minimum atomic E-state index is -2.31. The Morgan fingerprint density at radius 2 is 0.654 bits per heavy atom. The van der Waals surface area contributed by atoms with E-state index in [1.165, 1.54) is 174 Å². The standard InChI is InChI=1S/2C36H40N3.C32H38N3.C20H22N3/c2*1-21(2)25-13-12-14-26(22(3)4)33(25)39-30-16-11-10-15-29(30)38(9)35(39)31-23(5)17-19-27-28-20-18-24(6)37-34(28)36(7,8)32(27)31;1-19(2)23-11-10-12-24(20(3)4)29(23)35-16-15-34(9)31(35)26-18-27-25-14-13-22(6)33-30(25)32(7,8)28(27)17-21(26)5;1-13-7-9-15-16-10-8-14(2)21-19(16)20(3,4)17(15)18(13)23-12-6-11-22(23)5/h2*10-22H,1-9H3;10-20H,1-9H3;6-12H,1-5H3/q4*+1/i7D3;;;. The molecule has 1 atom stereocenters. The van der Waals surface area contributed by atoms with Gasteiger partial charge in [0.25, 0.3) is 17.5 Å². The summed E-state index contributed by atoms with van der Waals surface area (Å²) in [6, 6.07) is 75.1. The number of nitrogens with zero attached hydrogens (tertiary/aromatic N) is 12. The Labute approximate surface area is 812 Å². The van der Waals surface area contributed by atoms with Gasteiger partial charge >= 0.3 is 0 Å². The third-order valence-electron chi connectivity index (χ3n) is 30.1. The molecule has 4 aliphatic rings. The van der Waals surface area contributed by atoms with Gasteiger partial charge in [-0.1, -0.05) is 284 Å². The predicted octanol–water partition coefficient (Wildman–Crippen LogP) is 28.5. The topological polar surface area (TPSA) is 86.8 Å². The van der Waals surface area contributed by atoms with E-state index in [9.17, 15) is 0 Å². The van der Waals surface area contributed by atoms with Crippen LogP contribution in [0.5, 0.6) is 0 Å². The molecular formula is C124H140N12+4. The number of aromatic nitrogens is 12. The van der Waals surface area contributed by atoms with Crippen LogP contribution in [-0.4, -0.2) is 38.3 Å². The number of pyridine rings is 4. The Morgan fingerprint density at radius 3 is 1.05 bits per heavy atom. The molecular weight excluding hydrogens is 1660 g/mol. The zero-order valence-corrected chi connectivity index (χ0v) is 86.3. The Kier molecular flexibility index (Phi) is 22.8. The number of hydrogen-bond donors (Lipinski definition) is 0. The summed E-state index contributed by atoms with van der Waals surface area (Å²) in [6.45, 7) is 57.8. The van der Waals surface area contributed by atoms with Crippen LogP contribution >= 0.6 is 0 Å². The molecule has 692 valence electrons. The number of para-hydroxylation sites is 7. The first-order valence-electron chi connectivity index (χ1n) is 50.8. The maximum atomic E-state index is 8.93. The SMILES string of the molecule is Cc1ccc2c(n1)C(C)(C)c1c-2ccc(C)c1-c1n(-c2c(C(C)C)cccc2C(C)C)c2ccccc2[n+]1C.Cc1ccc2c(n1)C(C)(C)c1c-2ccc(C)c1-n1ccc[n+]1C.Cc1ccc2c(n1)C(C)(C)c1cc(C)c(-c3n(-c4c(C(C)C)cccc4C(C)C)cc[n+]3C)cc1-2.[2H]C([2H])([2H])C1(C)c2nc(C)ccc2-c2ccc(C)c(-c3n(-c4c(C(C)C)cccc4C(C)C)c4ccccc4[n+]3C)c21. The number of rotatable bonds is 13. The monoisotopic (exact) mass is 1800 g/mol. The van der Waals surface area contributed by atoms with Crippen molar-refractivity contribution in [2.45, 2.75) is 251 Å². The zero-order valence-electron chi connectivity index (χ0n) is 89.3. The fourth-order valence-electron chi connectivity index (χ4n) is 23.1. The van der Waals surface area contributed by atoms with Gasteiger partial charge in [0.1, 0.15) is 35.1 Å². The van der Waals surface area contributed by atoms with E-state index in [1.54, 1.807) is 0 Å². The van der Waals surface area contributed by atoms with E-state index in [0.29, 0.717) is 41.2 Å². The van der Waals surface area contributed by atoms with Crippen LogP contribution in [0.2, 0.25) is 0 Å². The van der Waals surface area contributed by atoms with Gasteiger partial charge in [-0.2, -0.15) is 13.7 Å². The largest absolute Gasteiger partial charge is 0.295 e. The molecule has 0 bridgehead atoms. The van der Waals surface area contributed by atoms with Crippen LogP contribution in [-0.2, 0) is 49.9 Å². The molecule has 136 heavy (non-hydrogen) atoms. The Bertz CT molecular complexity index is 7750. The van der Waals surface area contributed by atoms with Crippen molar-refractivity contribution in [3.8, 4) is 101 Å². The molecule has 0 fully saturated rings. The number of aryl methyl sites for hydroxylation is 12. The molecule has 8 heterocycles. The summed E-state index contributed by atoms with van der Waals surface area (Å²) in [5, 5.41) is 0. The second kappa shape index (κ2) is 34.6. The number of fused-ring (bicyclic) bond motifs is 14. The minimum absolute atomic E-state index is 0.0980. The molecule has 1 unspecified atom stereocenters. The predicted molar refractivity (Wildman–Crippen MR) is 563 cm³/mol. The van der Waals surface area contributed by atoms with E-state index >= 15 is 0 Å². The lowest BCUT2D eigenvalue weighted by atomic mass is 9.80. The van der Waals surface area contributed by atoms with Crippen molar-refractivity contribution in [3.05, 3.63) is 354 Å². The second-order valence-corrected chi connectivity index (χ2v) is 42.8. The lowest BCUT2D eigenvalue weighted by molar-refractivity contribution is -0.744. The summed E-state index contributed by atoms with van der Waals surface area (Å²) in [5.41, 5.74) is 47.4. The second-order valence-electron chi connectivity index (χ2n) is 42.8. The van der Waals surface area contributed by atoms with E-state index in [4.69, 9.17) is 24.0 Å². The average molecular weight is 1800 g/mol. The molecule has 0 N–H and O–H groups in total. The third kappa shape index (κ3) is 15.0. The van der Waals surface area contributed by atoms with Crippen molar-refractivity contribution >= 4 is 22.1 Å². The van der Waals surface area contributed by atoms with Crippen molar-refractivity contribution in [3.63, 3.8) is 0 Å². The molecule has 0 spiro atoms. The van der Waals surface area contributed by atoms with Gasteiger partial charge in [0.2, 0.25) is 0 Å². The summed E-state index contributed by atoms with van der Waals surface area (Å²) < 4.78 is 45.5. The van der Waals surface area contributed by atoms with Gasteiger partial charge < -0.3 is 0 Å². The summed E-state index contributed by atoms with van der Waals surface area (Å²) in [6.07, 6.45) is 8.63. The maximum absolute atomic E-state index is 8.93. The molecule has 0 radical (unpaired) electrons. The smallest absolute Gasteiger partial charge is 0.257 e. The average Bonchev–Trinajstić information content (AvgIpc) is 1.52. The first kappa shape index (κ1) is 89.5. The summed E-state index contributed by atoms with van der Waals surface area (Å²) in [7, 11) is 8.58. The Hall–Kier alpha value is -13.1. The van der Waals surface area contributed by atoms with Gasteiger partial charge in [-0.3, -0.25) is 19.9 Å². The molecule has 4 aliphatic carbocycles. The first-order valence-corrected chi connectivity index (χ1v) is 49.3. The van der Waals surface area contributed by atoms with Crippen LogP contribution in [0.15, 0.2) is 231 Å². The van der Waals surface area contributed by atoms with Gasteiger partial charge in [0.15, 0.2) is 35.3 Å². The van der Waals surface area contributed by atoms with Crippen LogP contribution in [0.4, 0.5) is 0 Å². The van der Waals surface area contributed by atoms with Crippen molar-refractivity contribution in [2.75, 3.05) is 0 Å². The van der Waals surface area contributed by atoms with Crippen LogP contribution in [0.25, 0.3) is 123 Å². The molecule has 12 nitrogen and oxygen atoms in total. The fourth-order valence-corrected chi connectivity index (χ4v) is 23.1. The van der Waals surface area contributed by atoms with E-state index in [-0.39, 0.29) is 16.2 Å². The molecule has 9 aromatic carbocycles. The highest BCUT2D eigenvalue weighted by molar-refractivity contribution is 5.93. The van der Waals surface area contributed by atoms with Crippen LogP contribution in [0.3, 0.4) is 0 Å². The van der Waals surface area contributed by atoms with Crippen LogP contribution in [0.1, 0.15) is 301 Å².